The second-order valence-electron chi connectivity index (χ2n) is 9.49. The second kappa shape index (κ2) is 9.64. The largest absolute Gasteiger partial charge is 0.388 e. The van der Waals surface area contributed by atoms with Gasteiger partial charge in [-0.3, -0.25) is 0 Å². The van der Waals surface area contributed by atoms with Gasteiger partial charge < -0.3 is 10.6 Å². The van der Waals surface area contributed by atoms with E-state index < -0.39 is 0 Å². The summed E-state index contributed by atoms with van der Waals surface area (Å²) in [6, 6.07) is 21.7. The van der Waals surface area contributed by atoms with Crippen LogP contribution in [0.2, 0.25) is 0 Å². The molecule has 4 heteroatoms. The fourth-order valence-corrected chi connectivity index (χ4v) is 5.17. The highest BCUT2D eigenvalue weighted by molar-refractivity contribution is 5.66. The number of aromatic nitrogens is 2. The molecule has 166 valence electrons. The first-order valence-corrected chi connectivity index (χ1v) is 12.1. The summed E-state index contributed by atoms with van der Waals surface area (Å²) >= 11 is 0. The van der Waals surface area contributed by atoms with E-state index in [1.807, 2.05) is 0 Å². The van der Waals surface area contributed by atoms with E-state index in [-0.39, 0.29) is 0 Å². The van der Waals surface area contributed by atoms with Crippen molar-refractivity contribution in [3.8, 4) is 16.9 Å². The Morgan fingerprint density at radius 3 is 2.62 bits per heavy atom. The molecule has 1 aliphatic carbocycles. The number of nitrogens with one attached hydrogen (secondary N) is 2. The van der Waals surface area contributed by atoms with Gasteiger partial charge in [0.05, 0.1) is 11.4 Å². The Kier molecular flexibility index (Phi) is 6.29. The Balaban J connectivity index is 1.38. The molecule has 2 aromatic carbocycles. The molecule has 2 fully saturated rings. The van der Waals surface area contributed by atoms with Gasteiger partial charge in [0.25, 0.3) is 0 Å². The number of anilines is 1. The molecule has 4 nitrogen and oxygen atoms in total. The SMILES string of the molecule is C=C1C[C@H](CNc2cc(-c3cccc(CCC4CCCC4)c3)n(-c3ccccc3)n2)CN1. The molecule has 1 aliphatic heterocycles. The summed E-state index contributed by atoms with van der Waals surface area (Å²) in [5.74, 6) is 2.41. The summed E-state index contributed by atoms with van der Waals surface area (Å²) in [5.41, 5.74) is 6.02. The smallest absolute Gasteiger partial charge is 0.149 e. The summed E-state index contributed by atoms with van der Waals surface area (Å²) in [6.45, 7) is 5.94. The number of hydrogen-bond acceptors (Lipinski definition) is 3. The van der Waals surface area contributed by atoms with Gasteiger partial charge in [-0.1, -0.05) is 68.7 Å². The van der Waals surface area contributed by atoms with Gasteiger partial charge in [-0.2, -0.15) is 0 Å². The van der Waals surface area contributed by atoms with E-state index >= 15 is 0 Å². The summed E-state index contributed by atoms with van der Waals surface area (Å²) in [7, 11) is 0. The van der Waals surface area contributed by atoms with Gasteiger partial charge in [-0.05, 0) is 54.9 Å². The molecule has 0 radical (unpaired) electrons. The van der Waals surface area contributed by atoms with Crippen molar-refractivity contribution in [2.75, 3.05) is 18.4 Å². The second-order valence-corrected chi connectivity index (χ2v) is 9.49. The van der Waals surface area contributed by atoms with Crippen LogP contribution in [-0.4, -0.2) is 22.9 Å². The molecule has 32 heavy (non-hydrogen) atoms. The third-order valence-corrected chi connectivity index (χ3v) is 7.00. The van der Waals surface area contributed by atoms with Crippen molar-refractivity contribution in [1.82, 2.24) is 15.1 Å². The number of nitrogens with zero attached hydrogens (tertiary/aromatic N) is 2. The molecule has 0 bridgehead atoms. The lowest BCUT2D eigenvalue weighted by Gasteiger charge is -2.11. The molecule has 2 heterocycles. The van der Waals surface area contributed by atoms with Gasteiger partial charge in [0.15, 0.2) is 0 Å². The minimum atomic E-state index is 0.562. The predicted octanol–water partition coefficient (Wildman–Crippen LogP) is 6.20. The molecule has 5 rings (SSSR count). The third kappa shape index (κ3) is 4.90. The number of benzene rings is 2. The van der Waals surface area contributed by atoms with Crippen LogP contribution in [-0.2, 0) is 6.42 Å². The van der Waals surface area contributed by atoms with Crippen molar-refractivity contribution in [2.24, 2.45) is 11.8 Å². The van der Waals surface area contributed by atoms with Crippen LogP contribution in [0.5, 0.6) is 0 Å². The highest BCUT2D eigenvalue weighted by Gasteiger charge is 2.19. The Bertz CT molecular complexity index is 1050. The van der Waals surface area contributed by atoms with Crippen molar-refractivity contribution >= 4 is 5.82 Å². The number of rotatable bonds is 8. The van der Waals surface area contributed by atoms with Crippen molar-refractivity contribution in [2.45, 2.75) is 44.9 Å². The predicted molar refractivity (Wildman–Crippen MR) is 133 cm³/mol. The van der Waals surface area contributed by atoms with E-state index in [0.717, 1.165) is 48.3 Å². The molecule has 0 amide bonds. The van der Waals surface area contributed by atoms with Crippen LogP contribution in [0.15, 0.2) is 72.9 Å². The van der Waals surface area contributed by atoms with Gasteiger partial charge in [0.2, 0.25) is 0 Å². The van der Waals surface area contributed by atoms with Crippen LogP contribution in [0.4, 0.5) is 5.82 Å². The zero-order chi connectivity index (χ0) is 21.8. The van der Waals surface area contributed by atoms with Crippen LogP contribution >= 0.6 is 0 Å². The Morgan fingerprint density at radius 2 is 1.84 bits per heavy atom. The van der Waals surface area contributed by atoms with E-state index in [0.29, 0.717) is 5.92 Å². The van der Waals surface area contributed by atoms with Crippen LogP contribution < -0.4 is 10.6 Å². The molecular weight excluding hydrogens is 392 g/mol. The molecule has 0 spiro atoms. The molecule has 3 aromatic rings. The quantitative estimate of drug-likeness (QED) is 0.451. The molecule has 2 N–H and O–H groups in total. The molecule has 1 saturated heterocycles. The first-order chi connectivity index (χ1) is 15.7. The van der Waals surface area contributed by atoms with Crippen molar-refractivity contribution in [3.63, 3.8) is 0 Å². The van der Waals surface area contributed by atoms with E-state index in [4.69, 9.17) is 5.10 Å². The Morgan fingerprint density at radius 1 is 1.00 bits per heavy atom. The van der Waals surface area contributed by atoms with E-state index in [1.165, 1.54) is 49.7 Å². The summed E-state index contributed by atoms with van der Waals surface area (Å²) in [4.78, 5) is 0. The summed E-state index contributed by atoms with van der Waals surface area (Å²) in [6.07, 6.45) is 9.18. The molecule has 2 aliphatic rings. The van der Waals surface area contributed by atoms with E-state index in [1.54, 1.807) is 0 Å². The maximum absolute atomic E-state index is 4.94. The van der Waals surface area contributed by atoms with Gasteiger partial charge in [-0.15, -0.1) is 5.10 Å². The lowest BCUT2D eigenvalue weighted by atomic mass is 9.97. The fraction of sp³-hybridized carbons (Fsp3) is 0.393. The van der Waals surface area contributed by atoms with Crippen LogP contribution in [0, 0.1) is 11.8 Å². The van der Waals surface area contributed by atoms with E-state index in [9.17, 15) is 0 Å². The van der Waals surface area contributed by atoms with Gasteiger partial charge in [0.1, 0.15) is 5.82 Å². The number of hydrogen-bond donors (Lipinski definition) is 2. The van der Waals surface area contributed by atoms with Crippen molar-refractivity contribution < 1.29 is 0 Å². The molecule has 1 atom stereocenters. The van der Waals surface area contributed by atoms with E-state index in [2.05, 4.69) is 82.6 Å². The Hall–Kier alpha value is -3.01. The molecular formula is C28H34N4. The summed E-state index contributed by atoms with van der Waals surface area (Å²) in [5, 5.41) is 11.9. The lowest BCUT2D eigenvalue weighted by molar-refractivity contribution is 0.504. The Labute approximate surface area is 191 Å². The topological polar surface area (TPSA) is 41.9 Å². The first-order valence-electron chi connectivity index (χ1n) is 12.1. The average Bonchev–Trinajstić information content (AvgIpc) is 3.58. The highest BCUT2D eigenvalue weighted by atomic mass is 15.3. The zero-order valence-corrected chi connectivity index (χ0v) is 18.9. The first kappa shape index (κ1) is 20.9. The van der Waals surface area contributed by atoms with Crippen LogP contribution in [0.3, 0.4) is 0 Å². The lowest BCUT2D eigenvalue weighted by Crippen LogP contribution is -2.17. The van der Waals surface area contributed by atoms with Crippen molar-refractivity contribution in [1.29, 1.82) is 0 Å². The van der Waals surface area contributed by atoms with Crippen molar-refractivity contribution in [3.05, 3.63) is 78.5 Å². The monoisotopic (exact) mass is 426 g/mol. The van der Waals surface area contributed by atoms with Gasteiger partial charge in [0, 0.05) is 30.4 Å². The van der Waals surface area contributed by atoms with Gasteiger partial charge >= 0.3 is 0 Å². The third-order valence-electron chi connectivity index (χ3n) is 7.00. The molecule has 1 aromatic heterocycles. The maximum Gasteiger partial charge on any atom is 0.149 e. The number of aryl methyl sites for hydroxylation is 1. The minimum Gasteiger partial charge on any atom is -0.388 e. The number of allylic oxidation sites excluding steroid dienone is 1. The normalized spacial score (nSPS) is 18.8. The highest BCUT2D eigenvalue weighted by Crippen LogP contribution is 2.31. The zero-order valence-electron chi connectivity index (χ0n) is 18.9. The molecule has 1 saturated carbocycles. The standard InChI is InChI=1S/C28H34N4/c1-21-16-24(19-29-21)20-30-28-18-27(32(31-28)26-12-3-2-4-13-26)25-11-7-10-23(17-25)15-14-22-8-5-6-9-22/h2-4,7,10-13,17-18,22,24,29H,1,5-6,8-9,14-16,19-20H2,(H,30,31)/t24-/m0/s1. The summed E-state index contributed by atoms with van der Waals surface area (Å²) < 4.78 is 2.07. The molecule has 0 unspecified atom stereocenters. The maximum atomic E-state index is 4.94. The minimum absolute atomic E-state index is 0.562. The fourth-order valence-electron chi connectivity index (χ4n) is 5.17. The number of para-hydroxylation sites is 1. The van der Waals surface area contributed by atoms with Crippen LogP contribution in [0.1, 0.15) is 44.1 Å². The average molecular weight is 427 g/mol. The van der Waals surface area contributed by atoms with Crippen LogP contribution in [0.25, 0.3) is 16.9 Å². The van der Waals surface area contributed by atoms with Gasteiger partial charge in [-0.25, -0.2) is 4.68 Å².